The van der Waals surface area contributed by atoms with Gasteiger partial charge in [0.2, 0.25) is 0 Å². The van der Waals surface area contributed by atoms with E-state index in [0.717, 1.165) is 10.9 Å². The molecule has 0 saturated carbocycles. The zero-order valence-corrected chi connectivity index (χ0v) is 14.1. The number of hydrogen-bond acceptors (Lipinski definition) is 5. The van der Waals surface area contributed by atoms with Crippen LogP contribution in [0.25, 0.3) is 33.3 Å². The van der Waals surface area contributed by atoms with Crippen LogP contribution in [0.2, 0.25) is 0 Å². The molecule has 4 rings (SSSR count). The van der Waals surface area contributed by atoms with Crippen LogP contribution in [0.3, 0.4) is 0 Å². The van der Waals surface area contributed by atoms with Crippen molar-refractivity contribution in [1.29, 1.82) is 0 Å². The summed E-state index contributed by atoms with van der Waals surface area (Å²) >= 11 is 0. The number of furan rings is 1. The molecule has 0 spiro atoms. The maximum absolute atomic E-state index is 12.0. The topological polar surface area (TPSA) is 61.8 Å². The molecule has 0 aliphatic rings. The van der Waals surface area contributed by atoms with Gasteiger partial charge in [-0.25, -0.2) is 4.79 Å². The molecule has 0 saturated heterocycles. The lowest BCUT2D eigenvalue weighted by atomic mass is 10.1. The molecular weight excluding hydrogens is 320 g/mol. The van der Waals surface area contributed by atoms with Crippen LogP contribution < -0.4 is 15.1 Å². The van der Waals surface area contributed by atoms with Gasteiger partial charge in [0.05, 0.1) is 19.6 Å². The first-order chi connectivity index (χ1) is 12.1. The van der Waals surface area contributed by atoms with Gasteiger partial charge in [0.25, 0.3) is 0 Å². The predicted molar refractivity (Wildman–Crippen MR) is 95.5 cm³/mol. The van der Waals surface area contributed by atoms with E-state index in [1.54, 1.807) is 26.4 Å². The van der Waals surface area contributed by atoms with E-state index >= 15 is 0 Å². The average Bonchev–Trinajstić information content (AvgIpc) is 2.98. The fourth-order valence-corrected chi connectivity index (χ4v) is 3.03. The zero-order chi connectivity index (χ0) is 17.6. The van der Waals surface area contributed by atoms with Crippen molar-refractivity contribution in [2.45, 2.75) is 6.92 Å². The third-order valence-electron chi connectivity index (χ3n) is 4.20. The second-order valence-corrected chi connectivity index (χ2v) is 5.81. The Morgan fingerprint density at radius 2 is 1.60 bits per heavy atom. The molecule has 5 heteroatoms. The van der Waals surface area contributed by atoms with E-state index in [0.29, 0.717) is 39.4 Å². The molecule has 0 atom stereocenters. The highest BCUT2D eigenvalue weighted by Crippen LogP contribution is 2.42. The third kappa shape index (κ3) is 2.45. The Kier molecular flexibility index (Phi) is 3.50. The van der Waals surface area contributed by atoms with Crippen LogP contribution in [-0.4, -0.2) is 14.2 Å². The van der Waals surface area contributed by atoms with Crippen molar-refractivity contribution in [3.05, 3.63) is 58.4 Å². The molecule has 126 valence electrons. The highest BCUT2D eigenvalue weighted by atomic mass is 16.5. The lowest BCUT2D eigenvalue weighted by Crippen LogP contribution is -1.98. The average molecular weight is 336 g/mol. The smallest absolute Gasteiger partial charge is 0.336 e. The number of methoxy groups -OCH3 is 2. The van der Waals surface area contributed by atoms with Crippen molar-refractivity contribution in [3.8, 4) is 22.8 Å². The van der Waals surface area contributed by atoms with Crippen LogP contribution in [0.1, 0.15) is 5.56 Å². The lowest BCUT2D eigenvalue weighted by Gasteiger charge is -2.07. The molecule has 0 radical (unpaired) electrons. The fraction of sp³-hybridized carbons (Fsp3) is 0.150. The number of aryl methyl sites for hydroxylation is 1. The lowest BCUT2D eigenvalue weighted by molar-refractivity contribution is 0.413. The number of benzene rings is 2. The summed E-state index contributed by atoms with van der Waals surface area (Å²) in [5.41, 5.74) is 2.41. The number of ether oxygens (including phenoxy) is 2. The molecular formula is C20H16O5. The summed E-state index contributed by atoms with van der Waals surface area (Å²) in [6, 6.07) is 12.5. The fourth-order valence-electron chi connectivity index (χ4n) is 3.03. The minimum absolute atomic E-state index is 0.452. The normalized spacial score (nSPS) is 11.2. The van der Waals surface area contributed by atoms with Crippen LogP contribution in [-0.2, 0) is 0 Å². The monoisotopic (exact) mass is 336 g/mol. The summed E-state index contributed by atoms with van der Waals surface area (Å²) < 4.78 is 22.2. The number of rotatable bonds is 3. The molecule has 2 heterocycles. The van der Waals surface area contributed by atoms with Gasteiger partial charge in [-0.2, -0.15) is 0 Å². The van der Waals surface area contributed by atoms with Gasteiger partial charge >= 0.3 is 5.63 Å². The van der Waals surface area contributed by atoms with Gasteiger partial charge in [0.1, 0.15) is 16.9 Å². The summed E-state index contributed by atoms with van der Waals surface area (Å²) in [4.78, 5) is 12.0. The van der Waals surface area contributed by atoms with Gasteiger partial charge < -0.3 is 18.3 Å². The van der Waals surface area contributed by atoms with E-state index in [9.17, 15) is 4.79 Å². The summed E-state index contributed by atoms with van der Waals surface area (Å²) in [5, 5.41) is 1.58. The first-order valence-electron chi connectivity index (χ1n) is 7.80. The molecule has 0 unspecified atom stereocenters. The molecule has 0 fully saturated rings. The summed E-state index contributed by atoms with van der Waals surface area (Å²) in [6.07, 6.45) is 0. The Bertz CT molecular complexity index is 1150. The number of hydrogen-bond donors (Lipinski definition) is 0. The van der Waals surface area contributed by atoms with Gasteiger partial charge in [0, 0.05) is 17.0 Å². The van der Waals surface area contributed by atoms with Crippen LogP contribution >= 0.6 is 0 Å². The van der Waals surface area contributed by atoms with Crippen molar-refractivity contribution >= 4 is 21.9 Å². The molecule has 0 aliphatic carbocycles. The SMILES string of the molecule is COc1ccc2oc(=O)cc(-c3oc4ccc(C)cc4c3OC)c2c1. The van der Waals surface area contributed by atoms with Crippen LogP contribution in [0.4, 0.5) is 0 Å². The van der Waals surface area contributed by atoms with Crippen molar-refractivity contribution < 1.29 is 18.3 Å². The first-order valence-corrected chi connectivity index (χ1v) is 7.80. The van der Waals surface area contributed by atoms with Gasteiger partial charge in [-0.05, 0) is 37.3 Å². The highest BCUT2D eigenvalue weighted by molar-refractivity contribution is 5.99. The van der Waals surface area contributed by atoms with E-state index in [2.05, 4.69) is 0 Å². The van der Waals surface area contributed by atoms with E-state index in [4.69, 9.17) is 18.3 Å². The molecule has 0 aliphatic heterocycles. The Morgan fingerprint density at radius 1 is 0.840 bits per heavy atom. The van der Waals surface area contributed by atoms with Gasteiger partial charge in [-0.3, -0.25) is 0 Å². The molecule has 0 amide bonds. The van der Waals surface area contributed by atoms with Crippen molar-refractivity contribution in [3.63, 3.8) is 0 Å². The van der Waals surface area contributed by atoms with Crippen molar-refractivity contribution in [2.24, 2.45) is 0 Å². The molecule has 2 aromatic heterocycles. The quantitative estimate of drug-likeness (QED) is 0.514. The maximum atomic E-state index is 12.0. The Balaban J connectivity index is 2.10. The van der Waals surface area contributed by atoms with Crippen molar-refractivity contribution in [1.82, 2.24) is 0 Å². The second-order valence-electron chi connectivity index (χ2n) is 5.81. The Hall–Kier alpha value is -3.21. The Labute approximate surface area is 143 Å². The predicted octanol–water partition coefficient (Wildman–Crippen LogP) is 4.53. The largest absolute Gasteiger partial charge is 0.497 e. The molecule has 2 aromatic carbocycles. The van der Waals surface area contributed by atoms with E-state index in [-0.39, 0.29) is 0 Å². The standard InChI is InChI=1S/C20H16O5/c1-11-4-6-17-15(8-11)19(23-3)20(25-17)14-10-18(21)24-16-7-5-12(22-2)9-13(14)16/h4-10H,1-3H3. The molecule has 4 aromatic rings. The molecule has 0 bridgehead atoms. The zero-order valence-electron chi connectivity index (χ0n) is 14.1. The molecule has 25 heavy (non-hydrogen) atoms. The maximum Gasteiger partial charge on any atom is 0.336 e. The van der Waals surface area contributed by atoms with Crippen LogP contribution in [0, 0.1) is 6.92 Å². The van der Waals surface area contributed by atoms with E-state index < -0.39 is 5.63 Å². The van der Waals surface area contributed by atoms with Gasteiger partial charge in [0.15, 0.2) is 11.5 Å². The summed E-state index contributed by atoms with van der Waals surface area (Å²) in [6.45, 7) is 2.00. The third-order valence-corrected chi connectivity index (χ3v) is 4.20. The van der Waals surface area contributed by atoms with Crippen LogP contribution in [0.5, 0.6) is 11.5 Å². The van der Waals surface area contributed by atoms with Crippen LogP contribution in [0.15, 0.2) is 56.1 Å². The molecule has 0 N–H and O–H groups in total. The first kappa shape index (κ1) is 15.3. The van der Waals surface area contributed by atoms with E-state index in [1.807, 2.05) is 31.2 Å². The molecule has 5 nitrogen and oxygen atoms in total. The van der Waals surface area contributed by atoms with Gasteiger partial charge in [-0.15, -0.1) is 0 Å². The van der Waals surface area contributed by atoms with Gasteiger partial charge in [-0.1, -0.05) is 11.6 Å². The van der Waals surface area contributed by atoms with Crippen molar-refractivity contribution in [2.75, 3.05) is 14.2 Å². The second kappa shape index (κ2) is 5.70. The Morgan fingerprint density at radius 3 is 2.36 bits per heavy atom. The minimum atomic E-state index is -0.452. The summed E-state index contributed by atoms with van der Waals surface area (Å²) in [7, 11) is 3.18. The summed E-state index contributed by atoms with van der Waals surface area (Å²) in [5.74, 6) is 1.75. The highest BCUT2D eigenvalue weighted by Gasteiger charge is 2.20. The number of fused-ring (bicyclic) bond motifs is 2. The minimum Gasteiger partial charge on any atom is -0.497 e. The van der Waals surface area contributed by atoms with E-state index in [1.165, 1.54) is 6.07 Å².